The first-order valence-electron chi connectivity index (χ1n) is 5.51. The summed E-state index contributed by atoms with van der Waals surface area (Å²) in [6, 6.07) is 0. The molecule has 0 radical (unpaired) electrons. The van der Waals surface area contributed by atoms with E-state index in [1.807, 2.05) is 6.08 Å². The van der Waals surface area contributed by atoms with Crippen molar-refractivity contribution in [2.24, 2.45) is 0 Å². The third kappa shape index (κ3) is 3.43. The van der Waals surface area contributed by atoms with E-state index in [0.717, 1.165) is 32.1 Å². The Kier molecular flexibility index (Phi) is 6.85. The highest BCUT2D eigenvalue weighted by atomic mass is 16.5. The topological polar surface area (TPSA) is 29.5 Å². The van der Waals surface area contributed by atoms with Crippen LogP contribution in [0.15, 0.2) is 12.7 Å². The summed E-state index contributed by atoms with van der Waals surface area (Å²) in [7, 11) is 1.68. The number of allylic oxidation sites excluding steroid dienone is 1. The number of hydrogen-bond donors (Lipinski definition) is 1. The molecule has 0 bridgehead atoms. The molecule has 0 aliphatic heterocycles. The fraction of sp³-hybridized carbons (Fsp3) is 0.833. The normalized spacial score (nSPS) is 14.0. The van der Waals surface area contributed by atoms with E-state index < -0.39 is 0 Å². The van der Waals surface area contributed by atoms with Crippen molar-refractivity contribution in [1.29, 1.82) is 0 Å². The number of unbranched alkanes of at least 4 members (excludes halogenated alkanes) is 1. The lowest BCUT2D eigenvalue weighted by Crippen LogP contribution is -2.43. The largest absolute Gasteiger partial charge is 0.390 e. The van der Waals surface area contributed by atoms with Gasteiger partial charge in [-0.05, 0) is 32.1 Å². The molecule has 0 saturated heterocycles. The molecule has 2 heteroatoms. The molecule has 1 N–H and O–H groups in total. The fourth-order valence-electron chi connectivity index (χ4n) is 1.86. The van der Waals surface area contributed by atoms with Crippen LogP contribution in [0.5, 0.6) is 0 Å². The minimum absolute atomic E-state index is 0.346. The highest BCUT2D eigenvalue weighted by molar-refractivity contribution is 4.86. The average molecular weight is 200 g/mol. The monoisotopic (exact) mass is 200 g/mol. The summed E-state index contributed by atoms with van der Waals surface area (Å²) in [5, 5.41) is 10.0. The Balaban J connectivity index is 4.13. The maximum atomic E-state index is 10.0. The van der Waals surface area contributed by atoms with Crippen LogP contribution in [0.1, 0.15) is 46.0 Å². The summed E-state index contributed by atoms with van der Waals surface area (Å²) in [4.78, 5) is 0. The zero-order valence-corrected chi connectivity index (χ0v) is 9.75. The molecular weight excluding hydrogens is 176 g/mol. The summed E-state index contributed by atoms with van der Waals surface area (Å²) in [6.07, 6.45) is 5.98. The quantitative estimate of drug-likeness (QED) is 0.482. The molecule has 0 aromatic rings. The minimum atomic E-state index is -0.359. The van der Waals surface area contributed by atoms with Crippen molar-refractivity contribution < 1.29 is 9.84 Å². The Labute approximate surface area is 88.0 Å². The van der Waals surface area contributed by atoms with Gasteiger partial charge in [-0.3, -0.25) is 0 Å². The van der Waals surface area contributed by atoms with Crippen molar-refractivity contribution in [3.63, 3.8) is 0 Å². The lowest BCUT2D eigenvalue weighted by Gasteiger charge is -2.35. The van der Waals surface area contributed by atoms with E-state index in [9.17, 15) is 5.11 Å². The van der Waals surface area contributed by atoms with E-state index in [-0.39, 0.29) is 11.7 Å². The molecular formula is C12H24O2. The fourth-order valence-corrected chi connectivity index (χ4v) is 1.86. The van der Waals surface area contributed by atoms with Crippen molar-refractivity contribution in [2.45, 2.75) is 57.7 Å². The van der Waals surface area contributed by atoms with Gasteiger partial charge in [-0.15, -0.1) is 6.58 Å². The van der Waals surface area contributed by atoms with Gasteiger partial charge in [0.2, 0.25) is 0 Å². The van der Waals surface area contributed by atoms with Crippen LogP contribution in [0.2, 0.25) is 0 Å². The number of aliphatic hydroxyl groups excluding tert-OH is 1. The zero-order chi connectivity index (χ0) is 11.0. The van der Waals surface area contributed by atoms with Crippen LogP contribution < -0.4 is 0 Å². The molecule has 1 atom stereocenters. The number of ether oxygens (including phenoxy) is 1. The predicted octanol–water partition coefficient (Wildman–Crippen LogP) is 2.91. The molecule has 0 aliphatic carbocycles. The van der Waals surface area contributed by atoms with E-state index in [1.54, 1.807) is 7.11 Å². The maximum absolute atomic E-state index is 10.0. The second-order valence-corrected chi connectivity index (χ2v) is 3.71. The van der Waals surface area contributed by atoms with Gasteiger partial charge in [0.15, 0.2) is 0 Å². The number of rotatable bonds is 8. The molecule has 0 aliphatic rings. The van der Waals surface area contributed by atoms with E-state index in [4.69, 9.17) is 4.74 Å². The Morgan fingerprint density at radius 2 is 2.00 bits per heavy atom. The molecule has 2 nitrogen and oxygen atoms in total. The Morgan fingerprint density at radius 1 is 1.43 bits per heavy atom. The van der Waals surface area contributed by atoms with Gasteiger partial charge in [0, 0.05) is 7.11 Å². The lowest BCUT2D eigenvalue weighted by molar-refractivity contribution is -0.110. The minimum Gasteiger partial charge on any atom is -0.390 e. The first-order valence-corrected chi connectivity index (χ1v) is 5.51. The van der Waals surface area contributed by atoms with Gasteiger partial charge in [0.25, 0.3) is 0 Å². The Hall–Kier alpha value is -0.340. The SMILES string of the molecule is C=CCCCC(O)C(CC)(CC)OC. The molecule has 0 saturated carbocycles. The van der Waals surface area contributed by atoms with Crippen LogP contribution in [0.4, 0.5) is 0 Å². The molecule has 0 fully saturated rings. The molecule has 0 spiro atoms. The van der Waals surface area contributed by atoms with Crippen LogP contribution in [0.3, 0.4) is 0 Å². The summed E-state index contributed by atoms with van der Waals surface area (Å²) in [5.41, 5.74) is -0.346. The lowest BCUT2D eigenvalue weighted by atomic mass is 9.87. The van der Waals surface area contributed by atoms with Crippen molar-refractivity contribution >= 4 is 0 Å². The van der Waals surface area contributed by atoms with Gasteiger partial charge in [-0.25, -0.2) is 0 Å². The van der Waals surface area contributed by atoms with Gasteiger partial charge in [-0.2, -0.15) is 0 Å². The van der Waals surface area contributed by atoms with Gasteiger partial charge in [0.1, 0.15) is 0 Å². The van der Waals surface area contributed by atoms with Gasteiger partial charge >= 0.3 is 0 Å². The third-order valence-corrected chi connectivity index (χ3v) is 3.10. The van der Waals surface area contributed by atoms with Crippen molar-refractivity contribution in [2.75, 3.05) is 7.11 Å². The second-order valence-electron chi connectivity index (χ2n) is 3.71. The second kappa shape index (κ2) is 7.02. The number of methoxy groups -OCH3 is 1. The van der Waals surface area contributed by atoms with Crippen LogP contribution in [0.25, 0.3) is 0 Å². The van der Waals surface area contributed by atoms with Crippen LogP contribution in [0, 0.1) is 0 Å². The van der Waals surface area contributed by atoms with Gasteiger partial charge < -0.3 is 9.84 Å². The zero-order valence-electron chi connectivity index (χ0n) is 9.75. The molecule has 14 heavy (non-hydrogen) atoms. The van der Waals surface area contributed by atoms with Gasteiger partial charge in [-0.1, -0.05) is 19.9 Å². The summed E-state index contributed by atoms with van der Waals surface area (Å²) in [5.74, 6) is 0. The van der Waals surface area contributed by atoms with E-state index in [2.05, 4.69) is 20.4 Å². The van der Waals surface area contributed by atoms with Crippen molar-refractivity contribution in [3.8, 4) is 0 Å². The first kappa shape index (κ1) is 13.7. The Bertz CT molecular complexity index is 142. The molecule has 84 valence electrons. The smallest absolute Gasteiger partial charge is 0.0931 e. The highest BCUT2D eigenvalue weighted by Gasteiger charge is 2.33. The van der Waals surface area contributed by atoms with Crippen molar-refractivity contribution in [1.82, 2.24) is 0 Å². The first-order chi connectivity index (χ1) is 6.66. The standard InChI is InChI=1S/C12H24O2/c1-5-8-9-10-11(13)12(6-2,7-3)14-4/h5,11,13H,1,6-10H2,2-4H3. The van der Waals surface area contributed by atoms with Crippen LogP contribution in [-0.4, -0.2) is 23.9 Å². The Morgan fingerprint density at radius 3 is 2.36 bits per heavy atom. The van der Waals surface area contributed by atoms with Crippen LogP contribution in [-0.2, 0) is 4.74 Å². The van der Waals surface area contributed by atoms with E-state index in [1.165, 1.54) is 0 Å². The van der Waals surface area contributed by atoms with E-state index in [0.29, 0.717) is 0 Å². The molecule has 0 aromatic heterocycles. The third-order valence-electron chi connectivity index (χ3n) is 3.10. The number of aliphatic hydroxyl groups is 1. The summed E-state index contributed by atoms with van der Waals surface area (Å²) >= 11 is 0. The summed E-state index contributed by atoms with van der Waals surface area (Å²) in [6.45, 7) is 7.79. The van der Waals surface area contributed by atoms with E-state index >= 15 is 0 Å². The summed E-state index contributed by atoms with van der Waals surface area (Å²) < 4.78 is 5.45. The average Bonchev–Trinajstić information content (AvgIpc) is 2.22. The molecule has 0 rings (SSSR count). The maximum Gasteiger partial charge on any atom is 0.0931 e. The molecule has 1 unspecified atom stereocenters. The predicted molar refractivity (Wildman–Crippen MR) is 60.4 cm³/mol. The van der Waals surface area contributed by atoms with Crippen molar-refractivity contribution in [3.05, 3.63) is 12.7 Å². The molecule has 0 aromatic carbocycles. The molecule has 0 heterocycles. The molecule has 0 amide bonds. The number of hydrogen-bond acceptors (Lipinski definition) is 2. The van der Waals surface area contributed by atoms with Crippen LogP contribution >= 0.6 is 0 Å². The van der Waals surface area contributed by atoms with Gasteiger partial charge in [0.05, 0.1) is 11.7 Å². The highest BCUT2D eigenvalue weighted by Crippen LogP contribution is 2.27.